The average Bonchev–Trinajstić information content (AvgIpc) is 2.79. The van der Waals surface area contributed by atoms with Crippen LogP contribution in [0.3, 0.4) is 0 Å². The first-order valence-corrected chi connectivity index (χ1v) is 12.1. The molecule has 0 spiro atoms. The number of rotatable bonds is 6. The molecule has 18 radical (unpaired) electrons. The molecule has 0 aliphatic rings. The predicted octanol–water partition coefficient (Wildman–Crippen LogP) is -7.03. The summed E-state index contributed by atoms with van der Waals surface area (Å²) in [5, 5.41) is 28.2. The van der Waals surface area contributed by atoms with Crippen molar-refractivity contribution in [3.63, 3.8) is 0 Å². The Bertz CT molecular complexity index is 262. The van der Waals surface area contributed by atoms with Gasteiger partial charge in [-0.15, -0.1) is 0 Å². The summed E-state index contributed by atoms with van der Waals surface area (Å²) in [6.45, 7) is 0. The maximum atomic E-state index is 9.20. The molecule has 0 aromatic carbocycles. The van der Waals surface area contributed by atoms with Gasteiger partial charge in [-0.2, -0.15) is 0 Å². The van der Waals surface area contributed by atoms with Crippen LogP contribution >= 0.6 is 0 Å². The fraction of sp³-hybridized carbons (Fsp3) is 0. The summed E-state index contributed by atoms with van der Waals surface area (Å²) in [7, 11) is -6.11. The summed E-state index contributed by atoms with van der Waals surface area (Å²) in [6, 6.07) is 0. The molecular formula is H6Al6O21Si6. The molecule has 0 saturated heterocycles. The molecule has 0 aromatic rings. The van der Waals surface area contributed by atoms with Gasteiger partial charge in [0.15, 0.2) is 0 Å². The minimum atomic E-state index is -1.17. The minimum absolute atomic E-state index is 0. The molecule has 0 atom stereocenters. The predicted molar refractivity (Wildman–Crippen MR) is 97.5 cm³/mol. The van der Waals surface area contributed by atoms with Crippen molar-refractivity contribution in [1.29, 1.82) is 0 Å². The van der Waals surface area contributed by atoms with Crippen LogP contribution in [0.2, 0.25) is 0 Å². The normalized spacial score (nSPS) is 5.06. The van der Waals surface area contributed by atoms with E-state index in [4.69, 9.17) is 52.3 Å². The zero-order chi connectivity index (χ0) is 27.9. The van der Waals surface area contributed by atoms with Crippen LogP contribution in [-0.4, -0.2) is 189 Å². The third kappa shape index (κ3) is 583. The monoisotopic (exact) mass is 672 g/mol. The summed E-state index contributed by atoms with van der Waals surface area (Å²) in [6.07, 6.45) is 0. The molecule has 0 saturated carbocycles. The Balaban J connectivity index is -0.0000000228. The molecule has 6 N–H and O–H groups in total. The van der Waals surface area contributed by atoms with E-state index in [2.05, 4.69) is 34.1 Å². The first kappa shape index (κ1) is 64.5. The number of hydrogen-bond acceptors (Lipinski definition) is 19. The van der Waals surface area contributed by atoms with Crippen LogP contribution < -0.4 is 0 Å². The van der Waals surface area contributed by atoms with E-state index in [9.17, 15) is 8.92 Å². The van der Waals surface area contributed by atoms with Gasteiger partial charge in [-0.3, -0.25) is 10.5 Å². The van der Waals surface area contributed by atoms with Crippen LogP contribution in [0.25, 0.3) is 0 Å². The van der Waals surface area contributed by atoms with Crippen LogP contribution in [-0.2, 0) is 64.6 Å². The standard InChI is InChI=1S/6Al.4HO3Si.2HO2Si.2H2O2.O/c;;;;;;4*1-3-4-2;2*1-3-2;2*1-2;/h;;;;;;4*1H;2*1H;2*1-2H;/q;;4*+1;;;;;;;;;/p-4. The van der Waals surface area contributed by atoms with Crippen molar-refractivity contribution in [1.82, 2.24) is 0 Å². The molecule has 0 aromatic heterocycles. The van der Waals surface area contributed by atoms with Gasteiger partial charge >= 0.3 is 144 Å². The van der Waals surface area contributed by atoms with E-state index < -0.39 is 57.9 Å². The third-order valence-corrected chi connectivity index (χ3v) is 1.29. The van der Waals surface area contributed by atoms with Crippen molar-refractivity contribution < 1.29 is 95.3 Å². The molecule has 33 heavy (non-hydrogen) atoms. The summed E-state index contributed by atoms with van der Waals surface area (Å²) < 4.78 is 88.8. The molecule has 0 bridgehead atoms. The van der Waals surface area contributed by atoms with E-state index in [1.54, 1.807) is 66.5 Å². The zero-order valence-corrected chi connectivity index (χ0v) is 28.2. The van der Waals surface area contributed by atoms with E-state index in [0.717, 1.165) is 0 Å². The molecule has 0 aliphatic heterocycles. The van der Waals surface area contributed by atoms with Gasteiger partial charge in [-0.1, -0.05) is 0 Å². The van der Waals surface area contributed by atoms with E-state index in [-0.39, 0.29) is 17.4 Å². The van der Waals surface area contributed by atoms with Crippen molar-refractivity contribution >= 4 is 158 Å². The third-order valence-electron chi connectivity index (χ3n) is 0.239. The van der Waals surface area contributed by atoms with Gasteiger partial charge in [0, 0.05) is 17.4 Å². The molecule has 33 heteroatoms. The second kappa shape index (κ2) is 147. The Morgan fingerprint density at radius 1 is 0.515 bits per heavy atom. The van der Waals surface area contributed by atoms with Gasteiger partial charge in [-0.25, -0.2) is 10.5 Å². The molecule has 0 aliphatic carbocycles. The summed E-state index contributed by atoms with van der Waals surface area (Å²) in [5.41, 5.74) is 0. The first-order valence-electron chi connectivity index (χ1n) is 4.73. The van der Waals surface area contributed by atoms with E-state index in [0.29, 0.717) is 0 Å². The molecule has 21 nitrogen and oxygen atoms in total. The molecule has 0 unspecified atom stereocenters. The topological polar surface area (TPSA) is 315 Å². The van der Waals surface area contributed by atoms with Crippen LogP contribution in [0, 0.1) is 0 Å². The van der Waals surface area contributed by atoms with Crippen molar-refractivity contribution in [2.24, 2.45) is 0 Å². The summed E-state index contributed by atoms with van der Waals surface area (Å²) in [4.78, 5) is 14.1. The Morgan fingerprint density at radius 2 is 0.636 bits per heavy atom. The molecule has 0 amide bonds. The van der Waals surface area contributed by atoms with Crippen LogP contribution in [0.1, 0.15) is 0 Å². The van der Waals surface area contributed by atoms with Crippen LogP contribution in [0.4, 0.5) is 0 Å². The quantitative estimate of drug-likeness (QED) is 0.0867. The molecule has 0 heterocycles. The molecule has 0 rings (SSSR count). The zero-order valence-electron chi connectivity index (χ0n) is 15.3. The van der Waals surface area contributed by atoms with E-state index >= 15 is 0 Å². The summed E-state index contributed by atoms with van der Waals surface area (Å²) in [5.74, 6) is 0. The van der Waals surface area contributed by atoms with Gasteiger partial charge < -0.3 is 70.4 Å². The van der Waals surface area contributed by atoms with Crippen LogP contribution in [0.5, 0.6) is 0 Å². The van der Waals surface area contributed by atoms with Gasteiger partial charge in [0.2, 0.25) is 0 Å². The van der Waals surface area contributed by atoms with Crippen molar-refractivity contribution in [2.45, 2.75) is 0 Å². The van der Waals surface area contributed by atoms with E-state index in [1.165, 1.54) is 16.2 Å². The number of hydrogen-bond donors (Lipinski definition) is 6. The summed E-state index contributed by atoms with van der Waals surface area (Å²) >= 11 is 8.00. The fourth-order valence-corrected chi connectivity index (χ4v) is 0.354. The maximum absolute atomic E-state index is 9.20. The van der Waals surface area contributed by atoms with Crippen molar-refractivity contribution in [3.05, 3.63) is 0 Å². The van der Waals surface area contributed by atoms with Gasteiger partial charge in [0.1, 0.15) is 0 Å². The Kier molecular flexibility index (Phi) is 287. The van der Waals surface area contributed by atoms with Gasteiger partial charge in [0.05, 0.1) is 0 Å². The SMILES string of the molecule is O=[Si]O.O=[Si]O.O=[Si]OO.O=[Si]OO.O=[Si]O[O][Al].O=[Si]O[O][Al].O[O][Al].O[O][Al].[Al].[O]=[Al]. The second-order valence-electron chi connectivity index (χ2n) is 1.27. The van der Waals surface area contributed by atoms with Crippen molar-refractivity contribution in [3.8, 4) is 0 Å². The van der Waals surface area contributed by atoms with Gasteiger partial charge in [0.25, 0.3) is 0 Å². The fourth-order valence-electron chi connectivity index (χ4n) is 0.0393. The first-order chi connectivity index (χ1) is 15.3. The van der Waals surface area contributed by atoms with E-state index in [1.807, 2.05) is 0 Å². The Labute approximate surface area is 251 Å². The molecular weight excluding hydrogens is 666 g/mol. The molecule has 0 fully saturated rings. The Hall–Kier alpha value is 1.58. The Morgan fingerprint density at radius 3 is 0.636 bits per heavy atom. The van der Waals surface area contributed by atoms with Crippen LogP contribution in [0.15, 0.2) is 0 Å². The molecule has 174 valence electrons. The van der Waals surface area contributed by atoms with Gasteiger partial charge in [-0.05, 0) is 0 Å². The van der Waals surface area contributed by atoms with Crippen molar-refractivity contribution in [2.75, 3.05) is 0 Å². The second-order valence-corrected chi connectivity index (χ2v) is 3.81. The average molecular weight is 672 g/mol.